The number of carboxylic acids is 1. The van der Waals surface area contributed by atoms with Crippen molar-refractivity contribution < 1.29 is 9.90 Å². The van der Waals surface area contributed by atoms with Crippen LogP contribution in [0.3, 0.4) is 0 Å². The Labute approximate surface area is 122 Å². The minimum atomic E-state index is -1.19. The van der Waals surface area contributed by atoms with Gasteiger partial charge in [0.15, 0.2) is 0 Å². The van der Waals surface area contributed by atoms with Crippen LogP contribution in [-0.4, -0.2) is 25.2 Å². The van der Waals surface area contributed by atoms with Crippen molar-refractivity contribution in [1.29, 1.82) is 0 Å². The zero-order valence-electron chi connectivity index (χ0n) is 12.6. The van der Waals surface area contributed by atoms with Crippen LogP contribution in [0.1, 0.15) is 47.2 Å². The Morgan fingerprint density at radius 3 is 2.62 bits per heavy atom. The maximum atomic E-state index is 12.4. The summed E-state index contributed by atoms with van der Waals surface area (Å²) in [6, 6.07) is 1.95. The molecule has 6 heteroatoms. The Hall–Kier alpha value is -2.37. The minimum absolute atomic E-state index is 0.170. The number of imidazole rings is 1. The molecule has 0 aliphatic heterocycles. The number of carbonyl (C=O) groups is 1. The van der Waals surface area contributed by atoms with Crippen molar-refractivity contribution >= 4 is 5.97 Å². The van der Waals surface area contributed by atoms with Gasteiger partial charge in [0.25, 0.3) is 5.56 Å². The Balaban J connectivity index is 2.55. The Bertz CT molecular complexity index is 741. The van der Waals surface area contributed by atoms with Gasteiger partial charge in [0.1, 0.15) is 5.56 Å². The van der Waals surface area contributed by atoms with Gasteiger partial charge >= 0.3 is 5.97 Å². The van der Waals surface area contributed by atoms with E-state index in [4.69, 9.17) is 0 Å². The summed E-state index contributed by atoms with van der Waals surface area (Å²) in [7, 11) is 0. The molecule has 0 aromatic carbocycles. The molecule has 2 aromatic rings. The van der Waals surface area contributed by atoms with Gasteiger partial charge in [-0.2, -0.15) is 0 Å². The van der Waals surface area contributed by atoms with E-state index in [1.165, 1.54) is 4.57 Å². The van der Waals surface area contributed by atoms with Crippen molar-refractivity contribution in [1.82, 2.24) is 14.1 Å². The van der Waals surface area contributed by atoms with Crippen LogP contribution in [0, 0.1) is 13.8 Å². The van der Waals surface area contributed by atoms with Gasteiger partial charge in [0.05, 0.1) is 18.6 Å². The van der Waals surface area contributed by atoms with Gasteiger partial charge in [-0.25, -0.2) is 9.78 Å². The summed E-state index contributed by atoms with van der Waals surface area (Å²) in [6.45, 7) is 7.80. The summed E-state index contributed by atoms with van der Waals surface area (Å²) in [4.78, 5) is 27.8. The molecule has 0 fully saturated rings. The number of aromatic carboxylic acids is 1. The molecule has 0 spiro atoms. The van der Waals surface area contributed by atoms with Crippen molar-refractivity contribution in [2.45, 2.75) is 40.3 Å². The molecule has 0 aliphatic carbocycles. The van der Waals surface area contributed by atoms with E-state index in [0.717, 1.165) is 11.4 Å². The molecular weight excluding hydrogens is 270 g/mol. The first-order valence-electron chi connectivity index (χ1n) is 6.78. The van der Waals surface area contributed by atoms with E-state index in [2.05, 4.69) is 4.98 Å². The van der Waals surface area contributed by atoms with Crippen LogP contribution in [0.2, 0.25) is 0 Å². The summed E-state index contributed by atoms with van der Waals surface area (Å²) >= 11 is 0. The first-order valence-corrected chi connectivity index (χ1v) is 6.78. The van der Waals surface area contributed by atoms with Crippen LogP contribution in [0.5, 0.6) is 0 Å². The van der Waals surface area contributed by atoms with Crippen molar-refractivity contribution in [2.75, 3.05) is 0 Å². The average Bonchev–Trinajstić information content (AvgIpc) is 2.81. The lowest BCUT2D eigenvalue weighted by Crippen LogP contribution is -2.30. The first-order chi connectivity index (χ1) is 9.82. The van der Waals surface area contributed by atoms with E-state index < -0.39 is 11.5 Å². The molecule has 0 radical (unpaired) electrons. The van der Waals surface area contributed by atoms with Crippen LogP contribution in [0.25, 0.3) is 0 Å². The van der Waals surface area contributed by atoms with Crippen LogP contribution >= 0.6 is 0 Å². The van der Waals surface area contributed by atoms with Crippen molar-refractivity contribution in [3.8, 4) is 0 Å². The highest BCUT2D eigenvalue weighted by Crippen LogP contribution is 2.12. The number of rotatable bonds is 4. The van der Waals surface area contributed by atoms with Crippen molar-refractivity contribution in [2.24, 2.45) is 0 Å². The quantitative estimate of drug-likeness (QED) is 0.933. The van der Waals surface area contributed by atoms with Crippen LogP contribution in [0.15, 0.2) is 23.4 Å². The van der Waals surface area contributed by atoms with Gasteiger partial charge in [0, 0.05) is 17.9 Å². The van der Waals surface area contributed by atoms with Gasteiger partial charge < -0.3 is 14.2 Å². The smallest absolute Gasteiger partial charge is 0.341 e. The summed E-state index contributed by atoms with van der Waals surface area (Å²) < 4.78 is 3.44. The van der Waals surface area contributed by atoms with Gasteiger partial charge in [-0.3, -0.25) is 4.79 Å². The largest absolute Gasteiger partial charge is 0.477 e. The number of aryl methyl sites for hydroxylation is 2. The molecule has 0 saturated carbocycles. The lowest BCUT2D eigenvalue weighted by atomic mass is 10.1. The molecule has 0 saturated heterocycles. The molecule has 0 unspecified atom stereocenters. The lowest BCUT2D eigenvalue weighted by Gasteiger charge is -2.16. The fourth-order valence-corrected chi connectivity index (χ4v) is 2.47. The van der Waals surface area contributed by atoms with Crippen LogP contribution < -0.4 is 5.56 Å². The number of aromatic nitrogens is 3. The maximum Gasteiger partial charge on any atom is 0.341 e. The van der Waals surface area contributed by atoms with Crippen LogP contribution in [0.4, 0.5) is 0 Å². The zero-order valence-corrected chi connectivity index (χ0v) is 12.6. The Morgan fingerprint density at radius 2 is 2.05 bits per heavy atom. The lowest BCUT2D eigenvalue weighted by molar-refractivity contribution is 0.0693. The predicted molar refractivity (Wildman–Crippen MR) is 78.8 cm³/mol. The summed E-state index contributed by atoms with van der Waals surface area (Å²) in [5, 5.41) is 9.20. The summed E-state index contributed by atoms with van der Waals surface area (Å²) in [5.41, 5.74) is 1.45. The molecule has 21 heavy (non-hydrogen) atoms. The Morgan fingerprint density at radius 1 is 1.38 bits per heavy atom. The number of nitrogens with zero attached hydrogens (tertiary/aromatic N) is 3. The van der Waals surface area contributed by atoms with E-state index in [-0.39, 0.29) is 11.6 Å². The average molecular weight is 289 g/mol. The third kappa shape index (κ3) is 2.74. The molecule has 0 atom stereocenters. The highest BCUT2D eigenvalue weighted by Gasteiger charge is 2.17. The molecular formula is C15H19N3O3. The zero-order chi connectivity index (χ0) is 15.7. The topological polar surface area (TPSA) is 77.1 Å². The maximum absolute atomic E-state index is 12.4. The van der Waals surface area contributed by atoms with E-state index in [0.29, 0.717) is 12.1 Å². The summed E-state index contributed by atoms with van der Waals surface area (Å²) in [6.07, 6.45) is 3.42. The van der Waals surface area contributed by atoms with E-state index in [1.807, 2.05) is 18.4 Å². The molecule has 2 rings (SSSR count). The van der Waals surface area contributed by atoms with Crippen molar-refractivity contribution in [3.05, 3.63) is 51.5 Å². The second-order valence-corrected chi connectivity index (χ2v) is 5.43. The SMILES string of the molecule is Cc1cc(C)n(Cc2cncn2C(C)C)c(=O)c1C(=O)O. The molecule has 6 nitrogen and oxygen atoms in total. The monoisotopic (exact) mass is 289 g/mol. The van der Waals surface area contributed by atoms with Gasteiger partial charge in [0.2, 0.25) is 0 Å². The van der Waals surface area contributed by atoms with Crippen molar-refractivity contribution in [3.63, 3.8) is 0 Å². The predicted octanol–water partition coefficient (Wildman–Crippen LogP) is 1.99. The third-order valence-corrected chi connectivity index (χ3v) is 3.54. The fraction of sp³-hybridized carbons (Fsp3) is 0.400. The number of hydrogen-bond acceptors (Lipinski definition) is 3. The highest BCUT2D eigenvalue weighted by atomic mass is 16.4. The van der Waals surface area contributed by atoms with Gasteiger partial charge in [-0.15, -0.1) is 0 Å². The van der Waals surface area contributed by atoms with Crippen LogP contribution in [-0.2, 0) is 6.54 Å². The highest BCUT2D eigenvalue weighted by molar-refractivity contribution is 5.88. The molecule has 2 heterocycles. The van der Waals surface area contributed by atoms with E-state index in [1.54, 1.807) is 32.4 Å². The second kappa shape index (κ2) is 5.55. The molecule has 0 bridgehead atoms. The van der Waals surface area contributed by atoms with E-state index in [9.17, 15) is 14.7 Å². The van der Waals surface area contributed by atoms with Gasteiger partial charge in [-0.1, -0.05) is 0 Å². The standard InChI is InChI=1S/C15H19N3O3/c1-9(2)18-8-16-6-12(18)7-17-11(4)5-10(3)13(14(17)19)15(20)21/h5-6,8-9H,7H2,1-4H3,(H,20,21). The molecule has 0 amide bonds. The molecule has 1 N–H and O–H groups in total. The van der Waals surface area contributed by atoms with Gasteiger partial charge in [-0.05, 0) is 39.3 Å². The molecule has 0 aliphatic rings. The molecule has 112 valence electrons. The fourth-order valence-electron chi connectivity index (χ4n) is 2.47. The summed E-state index contributed by atoms with van der Waals surface area (Å²) in [5.74, 6) is -1.19. The Kier molecular flexibility index (Phi) is 3.97. The number of pyridine rings is 1. The minimum Gasteiger partial charge on any atom is -0.477 e. The first kappa shape index (κ1) is 15.0. The number of carboxylic acid groups (broad SMARTS) is 1. The normalized spacial score (nSPS) is 11.1. The number of hydrogen-bond donors (Lipinski definition) is 1. The third-order valence-electron chi connectivity index (χ3n) is 3.54. The molecule has 2 aromatic heterocycles. The van der Waals surface area contributed by atoms with E-state index >= 15 is 0 Å². The second-order valence-electron chi connectivity index (χ2n) is 5.43.